The molecule has 9 nitrogen and oxygen atoms in total. The Hall–Kier alpha value is -2.27. The van der Waals surface area contributed by atoms with Crippen LogP contribution in [0.2, 0.25) is 0 Å². The number of aliphatic carboxylic acids is 1. The van der Waals surface area contributed by atoms with Crippen LogP contribution in [-0.2, 0) is 24.3 Å². The Morgan fingerprint density at radius 2 is 1.85 bits per heavy atom. The number of hydrogen-bond donors (Lipinski definition) is 3. The number of carboxylic acids is 1. The summed E-state index contributed by atoms with van der Waals surface area (Å²) in [7, 11) is -2.54. The SMILES string of the molecule is C=C(/C=C\C=C(/C(=C)C(=O)NO)S(=O)(=O)N1CCC(OC)CC1)C(=O)O. The average molecular weight is 386 g/mol. The van der Waals surface area contributed by atoms with E-state index >= 15 is 0 Å². The first kappa shape index (κ1) is 21.8. The fraction of sp³-hybridized carbons (Fsp3) is 0.375. The van der Waals surface area contributed by atoms with Crippen LogP contribution in [0.4, 0.5) is 0 Å². The minimum atomic E-state index is -4.09. The van der Waals surface area contributed by atoms with Gasteiger partial charge in [-0.3, -0.25) is 10.0 Å². The molecule has 0 spiro atoms. The first-order valence-corrected chi connectivity index (χ1v) is 9.06. The highest BCUT2D eigenvalue weighted by atomic mass is 32.2. The molecule has 1 heterocycles. The van der Waals surface area contributed by atoms with Crippen molar-refractivity contribution < 1.29 is 33.1 Å². The maximum Gasteiger partial charge on any atom is 0.335 e. The second-order valence-electron chi connectivity index (χ2n) is 5.48. The third-order valence-electron chi connectivity index (χ3n) is 3.84. The van der Waals surface area contributed by atoms with Crippen molar-refractivity contribution in [1.82, 2.24) is 9.79 Å². The van der Waals surface area contributed by atoms with E-state index in [4.69, 9.17) is 15.1 Å². The van der Waals surface area contributed by atoms with Crippen LogP contribution in [0.15, 0.2) is 47.4 Å². The van der Waals surface area contributed by atoms with Crippen LogP contribution in [0, 0.1) is 0 Å². The summed E-state index contributed by atoms with van der Waals surface area (Å²) in [5, 5.41) is 17.5. The van der Waals surface area contributed by atoms with Crippen molar-refractivity contribution in [3.8, 4) is 0 Å². The van der Waals surface area contributed by atoms with Gasteiger partial charge in [0, 0.05) is 20.2 Å². The number of carbonyl (C=O) groups excluding carboxylic acids is 1. The fourth-order valence-electron chi connectivity index (χ4n) is 2.29. The Bertz CT molecular complexity index is 745. The third kappa shape index (κ3) is 5.36. The van der Waals surface area contributed by atoms with Crippen LogP contribution in [0.3, 0.4) is 0 Å². The molecule has 1 amide bonds. The number of amides is 1. The number of carbonyl (C=O) groups is 2. The highest BCUT2D eigenvalue weighted by Gasteiger charge is 2.33. The van der Waals surface area contributed by atoms with Crippen molar-refractivity contribution in [2.75, 3.05) is 20.2 Å². The molecule has 0 aromatic carbocycles. The summed E-state index contributed by atoms with van der Waals surface area (Å²) in [5.41, 5.74) is 0.589. The molecule has 0 bridgehead atoms. The van der Waals surface area contributed by atoms with E-state index in [1.54, 1.807) is 7.11 Å². The smallest absolute Gasteiger partial charge is 0.335 e. The van der Waals surface area contributed by atoms with Crippen LogP contribution in [0.5, 0.6) is 0 Å². The molecule has 1 saturated heterocycles. The zero-order chi connectivity index (χ0) is 19.9. The molecule has 0 aliphatic carbocycles. The number of nitrogens with one attached hydrogen (secondary N) is 1. The molecule has 144 valence electrons. The second-order valence-corrected chi connectivity index (χ2v) is 7.39. The normalized spacial score (nSPS) is 17.2. The number of ether oxygens (including phenoxy) is 1. The summed E-state index contributed by atoms with van der Waals surface area (Å²) < 4.78 is 32.1. The number of nitrogens with zero attached hydrogens (tertiary/aromatic N) is 1. The van der Waals surface area contributed by atoms with Gasteiger partial charge >= 0.3 is 5.97 Å². The van der Waals surface area contributed by atoms with Crippen molar-refractivity contribution in [2.45, 2.75) is 18.9 Å². The van der Waals surface area contributed by atoms with E-state index in [-0.39, 0.29) is 24.8 Å². The van der Waals surface area contributed by atoms with Gasteiger partial charge < -0.3 is 9.84 Å². The van der Waals surface area contributed by atoms with Gasteiger partial charge in [0.15, 0.2) is 0 Å². The third-order valence-corrected chi connectivity index (χ3v) is 5.83. The van der Waals surface area contributed by atoms with Gasteiger partial charge in [0.05, 0.1) is 22.2 Å². The van der Waals surface area contributed by atoms with Gasteiger partial charge in [0.25, 0.3) is 5.91 Å². The molecule has 0 saturated carbocycles. The zero-order valence-electron chi connectivity index (χ0n) is 14.3. The Morgan fingerprint density at radius 3 is 2.31 bits per heavy atom. The largest absolute Gasteiger partial charge is 0.478 e. The number of methoxy groups -OCH3 is 1. The summed E-state index contributed by atoms with van der Waals surface area (Å²) >= 11 is 0. The molecular formula is C16H22N2O7S. The Morgan fingerprint density at radius 1 is 1.27 bits per heavy atom. The molecule has 10 heteroatoms. The molecule has 1 fully saturated rings. The predicted molar refractivity (Wildman–Crippen MR) is 93.6 cm³/mol. The van der Waals surface area contributed by atoms with Crippen LogP contribution in [-0.4, -0.2) is 61.2 Å². The number of hydrogen-bond acceptors (Lipinski definition) is 6. The van der Waals surface area contributed by atoms with Gasteiger partial charge in [-0.2, -0.15) is 4.31 Å². The maximum absolute atomic E-state index is 12.9. The Balaban J connectivity index is 3.18. The van der Waals surface area contributed by atoms with Gasteiger partial charge in [-0.1, -0.05) is 19.2 Å². The van der Waals surface area contributed by atoms with E-state index in [0.717, 1.165) is 18.2 Å². The van der Waals surface area contributed by atoms with Crippen LogP contribution in [0.25, 0.3) is 0 Å². The molecule has 0 aromatic heterocycles. The molecule has 1 rings (SSSR count). The van der Waals surface area contributed by atoms with Crippen molar-refractivity contribution in [3.63, 3.8) is 0 Å². The molecule has 3 N–H and O–H groups in total. The molecule has 0 radical (unpaired) electrons. The van der Waals surface area contributed by atoms with Gasteiger partial charge in [-0.25, -0.2) is 18.7 Å². The van der Waals surface area contributed by atoms with E-state index in [9.17, 15) is 18.0 Å². The predicted octanol–water partition coefficient (Wildman–Crippen LogP) is 0.569. The lowest BCUT2D eigenvalue weighted by molar-refractivity contribution is -0.132. The monoisotopic (exact) mass is 386 g/mol. The molecule has 1 aliphatic heterocycles. The molecular weight excluding hydrogens is 364 g/mol. The van der Waals surface area contributed by atoms with E-state index in [0.29, 0.717) is 12.8 Å². The van der Waals surface area contributed by atoms with Gasteiger partial charge in [-0.05, 0) is 25.0 Å². The Labute approximate surface area is 151 Å². The number of piperidine rings is 1. The Kier molecular flexibility index (Phi) is 7.90. The van der Waals surface area contributed by atoms with E-state index < -0.39 is 32.4 Å². The van der Waals surface area contributed by atoms with E-state index in [1.807, 2.05) is 0 Å². The molecule has 1 aliphatic rings. The number of hydroxylamine groups is 1. The first-order chi connectivity index (χ1) is 12.1. The molecule has 0 aromatic rings. The van der Waals surface area contributed by atoms with E-state index in [1.165, 1.54) is 9.79 Å². The van der Waals surface area contributed by atoms with E-state index in [2.05, 4.69) is 13.2 Å². The molecule has 0 atom stereocenters. The standard InChI is InChI=1S/C16H22N2O7S/c1-11(16(20)21)5-4-6-14(12(2)15(19)17-22)26(23,24)18-9-7-13(25-3)8-10-18/h4-6,13,22H,1-2,7-10H2,3H3,(H,17,19)(H,20,21)/b5-4-,14-6+. The van der Waals surface area contributed by atoms with Crippen molar-refractivity contribution in [3.05, 3.63) is 47.4 Å². The van der Waals surface area contributed by atoms with Crippen molar-refractivity contribution in [1.29, 1.82) is 0 Å². The van der Waals surface area contributed by atoms with Crippen molar-refractivity contribution in [2.24, 2.45) is 0 Å². The highest BCUT2D eigenvalue weighted by molar-refractivity contribution is 7.93. The first-order valence-electron chi connectivity index (χ1n) is 7.62. The summed E-state index contributed by atoms with van der Waals surface area (Å²) in [6.07, 6.45) is 4.21. The number of allylic oxidation sites excluding steroid dienone is 2. The quantitative estimate of drug-likeness (QED) is 0.240. The summed E-state index contributed by atoms with van der Waals surface area (Å²) in [6, 6.07) is 0. The minimum Gasteiger partial charge on any atom is -0.478 e. The second kappa shape index (κ2) is 9.43. The van der Waals surface area contributed by atoms with Crippen LogP contribution < -0.4 is 5.48 Å². The lowest BCUT2D eigenvalue weighted by Crippen LogP contribution is -2.42. The van der Waals surface area contributed by atoms with Crippen molar-refractivity contribution >= 4 is 21.9 Å². The summed E-state index contributed by atoms with van der Waals surface area (Å²) in [4.78, 5) is 21.9. The maximum atomic E-state index is 12.9. The lowest BCUT2D eigenvalue weighted by atomic mass is 10.1. The molecule has 0 unspecified atom stereocenters. The highest BCUT2D eigenvalue weighted by Crippen LogP contribution is 2.25. The van der Waals surface area contributed by atoms with Gasteiger partial charge in [0.1, 0.15) is 0 Å². The summed E-state index contributed by atoms with van der Waals surface area (Å²) in [5.74, 6) is -2.36. The number of rotatable bonds is 8. The van der Waals surface area contributed by atoms with Gasteiger partial charge in [0.2, 0.25) is 10.0 Å². The topological polar surface area (TPSA) is 133 Å². The number of carboxylic acid groups (broad SMARTS) is 1. The summed E-state index contributed by atoms with van der Waals surface area (Å²) in [6.45, 7) is 7.08. The zero-order valence-corrected chi connectivity index (χ0v) is 15.2. The van der Waals surface area contributed by atoms with Crippen LogP contribution >= 0.6 is 0 Å². The number of sulfonamides is 1. The lowest BCUT2D eigenvalue weighted by Gasteiger charge is -2.31. The fourth-order valence-corrected chi connectivity index (χ4v) is 3.92. The average Bonchev–Trinajstić information content (AvgIpc) is 2.63. The minimum absolute atomic E-state index is 0.0448. The van der Waals surface area contributed by atoms with Crippen LogP contribution in [0.1, 0.15) is 12.8 Å². The molecule has 26 heavy (non-hydrogen) atoms. The van der Waals surface area contributed by atoms with Gasteiger partial charge in [-0.15, -0.1) is 0 Å².